The topological polar surface area (TPSA) is 12.9 Å². The van der Waals surface area contributed by atoms with Gasteiger partial charge in [0.05, 0.1) is 5.69 Å². The Kier molecular flexibility index (Phi) is 4.70. The highest BCUT2D eigenvalue weighted by atomic mass is 14.7. The van der Waals surface area contributed by atoms with Crippen LogP contribution in [-0.2, 0) is 0 Å². The van der Waals surface area contributed by atoms with Crippen LogP contribution in [0.3, 0.4) is 0 Å². The molecular formula is C25H19N. The largest absolute Gasteiger partial charge is 0.256 e. The monoisotopic (exact) mass is 333 g/mol. The van der Waals surface area contributed by atoms with Crippen LogP contribution in [0, 0.1) is 0 Å². The van der Waals surface area contributed by atoms with Gasteiger partial charge < -0.3 is 0 Å². The molecule has 0 aliphatic heterocycles. The molecule has 1 heteroatoms. The van der Waals surface area contributed by atoms with E-state index in [1.54, 1.807) is 0 Å². The van der Waals surface area contributed by atoms with Gasteiger partial charge in [-0.3, -0.25) is 4.98 Å². The molecule has 0 saturated carbocycles. The molecule has 0 fully saturated rings. The Morgan fingerprint density at radius 2 is 1.35 bits per heavy atom. The molecule has 0 spiro atoms. The summed E-state index contributed by atoms with van der Waals surface area (Å²) in [7, 11) is 0. The van der Waals surface area contributed by atoms with Crippen LogP contribution in [0.15, 0.2) is 103 Å². The molecular weight excluding hydrogens is 314 g/mol. The van der Waals surface area contributed by atoms with Gasteiger partial charge in [0.15, 0.2) is 0 Å². The number of nitrogens with zero attached hydrogens (tertiary/aromatic N) is 1. The fourth-order valence-corrected chi connectivity index (χ4v) is 3.04. The van der Waals surface area contributed by atoms with E-state index in [1.807, 2.05) is 30.5 Å². The molecule has 0 aliphatic carbocycles. The third-order valence-electron chi connectivity index (χ3n) is 4.35. The van der Waals surface area contributed by atoms with Crippen molar-refractivity contribution in [2.75, 3.05) is 0 Å². The van der Waals surface area contributed by atoms with Crippen LogP contribution >= 0.6 is 0 Å². The Morgan fingerprint density at radius 3 is 2.19 bits per heavy atom. The van der Waals surface area contributed by atoms with Gasteiger partial charge in [0.25, 0.3) is 0 Å². The summed E-state index contributed by atoms with van der Waals surface area (Å²) >= 11 is 0. The van der Waals surface area contributed by atoms with E-state index in [4.69, 9.17) is 0 Å². The van der Waals surface area contributed by atoms with Crippen LogP contribution < -0.4 is 0 Å². The summed E-state index contributed by atoms with van der Waals surface area (Å²) in [6.45, 7) is 0. The molecule has 1 aromatic heterocycles. The average molecular weight is 333 g/mol. The van der Waals surface area contributed by atoms with Crippen molar-refractivity contribution in [3.8, 4) is 22.4 Å². The summed E-state index contributed by atoms with van der Waals surface area (Å²) in [5.74, 6) is 0. The van der Waals surface area contributed by atoms with Crippen LogP contribution in [0.4, 0.5) is 0 Å². The lowest BCUT2D eigenvalue weighted by atomic mass is 9.98. The smallest absolute Gasteiger partial charge is 0.0702 e. The van der Waals surface area contributed by atoms with Crippen molar-refractivity contribution >= 4 is 12.2 Å². The molecule has 0 saturated heterocycles. The quantitative estimate of drug-likeness (QED) is 0.384. The van der Waals surface area contributed by atoms with E-state index < -0.39 is 0 Å². The van der Waals surface area contributed by atoms with Crippen molar-refractivity contribution in [1.82, 2.24) is 4.98 Å². The zero-order chi connectivity index (χ0) is 17.6. The summed E-state index contributed by atoms with van der Waals surface area (Å²) in [4.78, 5) is 4.44. The summed E-state index contributed by atoms with van der Waals surface area (Å²) in [5, 5.41) is 0. The molecule has 0 radical (unpaired) electrons. The molecule has 0 amide bonds. The maximum atomic E-state index is 4.44. The van der Waals surface area contributed by atoms with Crippen LogP contribution in [-0.4, -0.2) is 4.98 Å². The molecule has 4 rings (SSSR count). The summed E-state index contributed by atoms with van der Waals surface area (Å²) < 4.78 is 0. The van der Waals surface area contributed by atoms with E-state index in [2.05, 4.69) is 89.9 Å². The first-order chi connectivity index (χ1) is 12.9. The van der Waals surface area contributed by atoms with E-state index in [1.165, 1.54) is 16.7 Å². The van der Waals surface area contributed by atoms with Gasteiger partial charge in [-0.15, -0.1) is 0 Å². The fourth-order valence-electron chi connectivity index (χ4n) is 3.04. The van der Waals surface area contributed by atoms with E-state index in [-0.39, 0.29) is 0 Å². The molecule has 3 aromatic carbocycles. The van der Waals surface area contributed by atoms with Crippen molar-refractivity contribution in [2.24, 2.45) is 0 Å². The maximum absolute atomic E-state index is 4.44. The minimum Gasteiger partial charge on any atom is -0.256 e. The zero-order valence-corrected chi connectivity index (χ0v) is 14.4. The highest BCUT2D eigenvalue weighted by molar-refractivity contribution is 5.81. The van der Waals surface area contributed by atoms with Gasteiger partial charge in [0.2, 0.25) is 0 Å². The molecule has 0 atom stereocenters. The number of rotatable bonds is 4. The van der Waals surface area contributed by atoms with Crippen LogP contribution in [0.1, 0.15) is 11.1 Å². The van der Waals surface area contributed by atoms with Crippen molar-refractivity contribution < 1.29 is 0 Å². The Morgan fingerprint density at radius 1 is 0.577 bits per heavy atom. The third kappa shape index (κ3) is 3.62. The number of pyridine rings is 1. The predicted octanol–water partition coefficient (Wildman–Crippen LogP) is 6.59. The molecule has 0 N–H and O–H groups in total. The standard InChI is InChI=1S/C25H19N/c1-2-10-21(11-3-1)24-14-5-4-12-22(24)17-16-20-9-8-13-23(19-20)25-15-6-7-18-26-25/h1-19H. The third-order valence-corrected chi connectivity index (χ3v) is 4.35. The Balaban J connectivity index is 1.66. The van der Waals surface area contributed by atoms with Gasteiger partial charge in [0, 0.05) is 11.8 Å². The Hall–Kier alpha value is -3.45. The van der Waals surface area contributed by atoms with Gasteiger partial charge >= 0.3 is 0 Å². The van der Waals surface area contributed by atoms with E-state index in [9.17, 15) is 0 Å². The highest BCUT2D eigenvalue weighted by Crippen LogP contribution is 2.25. The molecule has 0 bridgehead atoms. The zero-order valence-electron chi connectivity index (χ0n) is 14.4. The van der Waals surface area contributed by atoms with Crippen molar-refractivity contribution in [2.45, 2.75) is 0 Å². The maximum Gasteiger partial charge on any atom is 0.0702 e. The molecule has 26 heavy (non-hydrogen) atoms. The van der Waals surface area contributed by atoms with Crippen LogP contribution in [0.2, 0.25) is 0 Å². The summed E-state index contributed by atoms with van der Waals surface area (Å²) in [6.07, 6.45) is 6.17. The highest BCUT2D eigenvalue weighted by Gasteiger charge is 2.02. The minimum atomic E-state index is 0.993. The summed E-state index contributed by atoms with van der Waals surface area (Å²) in [6, 6.07) is 33.4. The number of hydrogen-bond acceptors (Lipinski definition) is 1. The molecule has 1 heterocycles. The minimum absolute atomic E-state index is 0.993. The first kappa shape index (κ1) is 16.0. The first-order valence-electron chi connectivity index (χ1n) is 8.74. The van der Waals surface area contributed by atoms with Crippen LogP contribution in [0.25, 0.3) is 34.5 Å². The van der Waals surface area contributed by atoms with Gasteiger partial charge in [-0.25, -0.2) is 0 Å². The molecule has 0 unspecified atom stereocenters. The SMILES string of the molecule is C(=Cc1ccccc1-c1ccccc1)c1cccc(-c2ccccn2)c1. The van der Waals surface area contributed by atoms with Gasteiger partial charge in [0.1, 0.15) is 0 Å². The second kappa shape index (κ2) is 7.62. The van der Waals surface area contributed by atoms with E-state index >= 15 is 0 Å². The molecule has 124 valence electrons. The lowest BCUT2D eigenvalue weighted by Gasteiger charge is -2.06. The van der Waals surface area contributed by atoms with E-state index in [0.29, 0.717) is 0 Å². The van der Waals surface area contributed by atoms with Crippen molar-refractivity contribution in [1.29, 1.82) is 0 Å². The number of aromatic nitrogens is 1. The van der Waals surface area contributed by atoms with Crippen LogP contribution in [0.5, 0.6) is 0 Å². The van der Waals surface area contributed by atoms with Gasteiger partial charge in [-0.2, -0.15) is 0 Å². The molecule has 4 aromatic rings. The van der Waals surface area contributed by atoms with Gasteiger partial charge in [-0.1, -0.05) is 91.0 Å². The second-order valence-corrected chi connectivity index (χ2v) is 6.13. The predicted molar refractivity (Wildman–Crippen MR) is 110 cm³/mol. The van der Waals surface area contributed by atoms with Gasteiger partial charge in [-0.05, 0) is 40.5 Å². The molecule has 1 nitrogen and oxygen atoms in total. The Labute approximate surface area is 154 Å². The lowest BCUT2D eigenvalue weighted by molar-refractivity contribution is 1.33. The van der Waals surface area contributed by atoms with E-state index in [0.717, 1.165) is 16.8 Å². The lowest BCUT2D eigenvalue weighted by Crippen LogP contribution is -1.84. The summed E-state index contributed by atoms with van der Waals surface area (Å²) in [5.41, 5.74) is 6.97. The normalized spacial score (nSPS) is 10.9. The Bertz CT molecular complexity index is 1020. The number of hydrogen-bond donors (Lipinski definition) is 0. The first-order valence-corrected chi connectivity index (χ1v) is 8.74. The van der Waals surface area contributed by atoms with Crippen molar-refractivity contribution in [3.63, 3.8) is 0 Å². The second-order valence-electron chi connectivity index (χ2n) is 6.13. The molecule has 0 aliphatic rings. The number of benzene rings is 3. The van der Waals surface area contributed by atoms with Crippen molar-refractivity contribution in [3.05, 3.63) is 114 Å². The average Bonchev–Trinajstić information content (AvgIpc) is 2.74. The fraction of sp³-hybridized carbons (Fsp3) is 0.